The molecule has 0 atom stereocenters. The van der Waals surface area contributed by atoms with Crippen molar-refractivity contribution in [2.24, 2.45) is 5.92 Å². The van der Waals surface area contributed by atoms with Crippen LogP contribution in [-0.2, 0) is 6.54 Å². The van der Waals surface area contributed by atoms with Crippen LogP contribution in [0.2, 0.25) is 0 Å². The third-order valence-corrected chi connectivity index (χ3v) is 2.83. The Bertz CT molecular complexity index is 434. The lowest BCUT2D eigenvalue weighted by Crippen LogP contribution is -1.93. The van der Waals surface area contributed by atoms with Gasteiger partial charge in [-0.25, -0.2) is 0 Å². The molecule has 0 aliphatic heterocycles. The molecule has 0 radical (unpaired) electrons. The zero-order valence-corrected chi connectivity index (χ0v) is 11.3. The summed E-state index contributed by atoms with van der Waals surface area (Å²) in [6.07, 6.45) is 10.2. The zero-order valence-electron chi connectivity index (χ0n) is 11.3. The van der Waals surface area contributed by atoms with Crippen molar-refractivity contribution in [1.82, 2.24) is 9.78 Å². The Hall–Kier alpha value is -1.57. The summed E-state index contributed by atoms with van der Waals surface area (Å²) in [5.74, 6) is 0.490. The zero-order chi connectivity index (χ0) is 12.8. The summed E-state index contributed by atoms with van der Waals surface area (Å²) in [5.41, 5.74) is 3.62. The monoisotopic (exact) mass is 230 g/mol. The number of hydrogen-bond acceptors (Lipinski definition) is 1. The van der Waals surface area contributed by atoms with Gasteiger partial charge in [0.1, 0.15) is 0 Å². The van der Waals surface area contributed by atoms with E-state index in [1.54, 1.807) is 0 Å². The molecule has 1 rings (SSSR count). The van der Waals surface area contributed by atoms with E-state index in [2.05, 4.69) is 57.7 Å². The van der Waals surface area contributed by atoms with Crippen LogP contribution < -0.4 is 0 Å². The summed E-state index contributed by atoms with van der Waals surface area (Å²) < 4.78 is 1.94. The number of allylic oxidation sites excluding steroid dienone is 5. The summed E-state index contributed by atoms with van der Waals surface area (Å²) in [6.45, 7) is 13.3. The van der Waals surface area contributed by atoms with Crippen molar-refractivity contribution >= 4 is 5.57 Å². The predicted molar refractivity (Wildman–Crippen MR) is 74.7 cm³/mol. The minimum atomic E-state index is 0.490. The molecule has 0 bridgehead atoms. The average Bonchev–Trinajstić information content (AvgIpc) is 2.78. The van der Waals surface area contributed by atoms with Gasteiger partial charge in [-0.1, -0.05) is 38.7 Å². The highest BCUT2D eigenvalue weighted by atomic mass is 15.3. The van der Waals surface area contributed by atoms with Gasteiger partial charge < -0.3 is 0 Å². The molecule has 0 fully saturated rings. The Balaban J connectivity index is 3.04. The molecule has 2 heteroatoms. The van der Waals surface area contributed by atoms with Crippen LogP contribution in [0.4, 0.5) is 0 Å². The van der Waals surface area contributed by atoms with Crippen molar-refractivity contribution in [1.29, 1.82) is 0 Å². The second-order valence-corrected chi connectivity index (χ2v) is 4.33. The van der Waals surface area contributed by atoms with Crippen LogP contribution in [0, 0.1) is 5.92 Å². The molecule has 0 saturated heterocycles. The summed E-state index contributed by atoms with van der Waals surface area (Å²) in [5, 5.41) is 4.30. The maximum atomic E-state index is 4.30. The third kappa shape index (κ3) is 3.45. The number of rotatable bonds is 5. The van der Waals surface area contributed by atoms with Crippen molar-refractivity contribution in [2.75, 3.05) is 0 Å². The number of aromatic nitrogens is 2. The topological polar surface area (TPSA) is 17.8 Å². The Morgan fingerprint density at radius 1 is 1.53 bits per heavy atom. The molecule has 1 aromatic heterocycles. The molecule has 2 nitrogen and oxygen atoms in total. The van der Waals surface area contributed by atoms with Crippen LogP contribution in [0.15, 0.2) is 42.8 Å². The van der Waals surface area contributed by atoms with Gasteiger partial charge in [0, 0.05) is 18.3 Å². The second kappa shape index (κ2) is 6.24. The highest BCUT2D eigenvalue weighted by Crippen LogP contribution is 2.20. The van der Waals surface area contributed by atoms with Gasteiger partial charge in [0.05, 0.1) is 6.20 Å². The summed E-state index contributed by atoms with van der Waals surface area (Å²) in [6, 6.07) is 0. The average molecular weight is 230 g/mol. The van der Waals surface area contributed by atoms with Crippen molar-refractivity contribution in [3.8, 4) is 0 Å². The van der Waals surface area contributed by atoms with E-state index < -0.39 is 0 Å². The standard InChI is InChI=1S/C15H22N2/c1-6-13(12(4)5)9-14(7-2)15-10-16-17(8-3)11-15/h6-7,9-12H,1,8H2,2-5H3. The fourth-order valence-electron chi connectivity index (χ4n) is 1.66. The van der Waals surface area contributed by atoms with Gasteiger partial charge in [-0.15, -0.1) is 0 Å². The molecule has 92 valence electrons. The van der Waals surface area contributed by atoms with Gasteiger partial charge in [0.2, 0.25) is 0 Å². The third-order valence-electron chi connectivity index (χ3n) is 2.83. The molecule has 0 aliphatic rings. The Kier molecular flexibility index (Phi) is 4.95. The van der Waals surface area contributed by atoms with E-state index in [4.69, 9.17) is 0 Å². The van der Waals surface area contributed by atoms with E-state index in [0.717, 1.165) is 12.1 Å². The van der Waals surface area contributed by atoms with E-state index in [1.165, 1.54) is 11.1 Å². The van der Waals surface area contributed by atoms with Crippen molar-refractivity contribution in [3.63, 3.8) is 0 Å². The number of aryl methyl sites for hydroxylation is 1. The second-order valence-electron chi connectivity index (χ2n) is 4.33. The fraction of sp³-hybridized carbons (Fsp3) is 0.400. The van der Waals surface area contributed by atoms with Gasteiger partial charge in [0.25, 0.3) is 0 Å². The molecule has 0 spiro atoms. The molecule has 1 heterocycles. The number of nitrogens with zero attached hydrogens (tertiary/aromatic N) is 2. The Morgan fingerprint density at radius 2 is 2.24 bits per heavy atom. The summed E-state index contributed by atoms with van der Waals surface area (Å²) in [7, 11) is 0. The maximum Gasteiger partial charge on any atom is 0.0568 e. The molecular weight excluding hydrogens is 208 g/mol. The first-order chi connectivity index (χ1) is 8.12. The van der Waals surface area contributed by atoms with E-state index in [9.17, 15) is 0 Å². The highest BCUT2D eigenvalue weighted by Gasteiger charge is 2.04. The van der Waals surface area contributed by atoms with Gasteiger partial charge in [-0.3, -0.25) is 4.68 Å². The SMILES string of the molecule is C=CC(=CC(=CC)c1cnn(CC)c1)C(C)C. The molecule has 0 saturated carbocycles. The molecule has 0 aromatic carbocycles. The van der Waals surface area contributed by atoms with Crippen molar-refractivity contribution in [2.45, 2.75) is 34.2 Å². The van der Waals surface area contributed by atoms with E-state index >= 15 is 0 Å². The normalized spacial score (nSPS) is 13.2. The lowest BCUT2D eigenvalue weighted by atomic mass is 9.98. The van der Waals surface area contributed by atoms with E-state index in [-0.39, 0.29) is 0 Å². The Morgan fingerprint density at radius 3 is 2.65 bits per heavy atom. The van der Waals surface area contributed by atoms with Crippen LogP contribution in [0.5, 0.6) is 0 Å². The van der Waals surface area contributed by atoms with Gasteiger partial charge in [0.15, 0.2) is 0 Å². The highest BCUT2D eigenvalue weighted by molar-refractivity contribution is 5.74. The maximum absolute atomic E-state index is 4.30. The molecule has 17 heavy (non-hydrogen) atoms. The first-order valence-corrected chi connectivity index (χ1v) is 6.15. The minimum Gasteiger partial charge on any atom is -0.272 e. The summed E-state index contributed by atoms with van der Waals surface area (Å²) in [4.78, 5) is 0. The van der Waals surface area contributed by atoms with Crippen LogP contribution in [0.1, 0.15) is 33.3 Å². The van der Waals surface area contributed by atoms with Crippen molar-refractivity contribution < 1.29 is 0 Å². The molecule has 0 N–H and O–H groups in total. The largest absolute Gasteiger partial charge is 0.272 e. The molecule has 1 aromatic rings. The Labute approximate surface area is 104 Å². The van der Waals surface area contributed by atoms with Crippen LogP contribution in [0.25, 0.3) is 5.57 Å². The smallest absolute Gasteiger partial charge is 0.0568 e. The molecular formula is C15H22N2. The van der Waals surface area contributed by atoms with Crippen molar-refractivity contribution in [3.05, 3.63) is 48.3 Å². The van der Waals surface area contributed by atoms with Crippen LogP contribution in [0.3, 0.4) is 0 Å². The molecule has 0 unspecified atom stereocenters. The van der Waals surface area contributed by atoms with Gasteiger partial charge >= 0.3 is 0 Å². The van der Waals surface area contributed by atoms with Gasteiger partial charge in [-0.05, 0) is 30.9 Å². The van der Waals surface area contributed by atoms with E-state index in [1.807, 2.05) is 17.0 Å². The lowest BCUT2D eigenvalue weighted by molar-refractivity contribution is 0.660. The van der Waals surface area contributed by atoms with E-state index in [0.29, 0.717) is 5.92 Å². The molecule has 0 amide bonds. The first kappa shape index (κ1) is 13.5. The van der Waals surface area contributed by atoms with Crippen LogP contribution in [-0.4, -0.2) is 9.78 Å². The predicted octanol–water partition coefficient (Wildman–Crippen LogP) is 4.07. The van der Waals surface area contributed by atoms with Gasteiger partial charge in [-0.2, -0.15) is 5.10 Å². The quantitative estimate of drug-likeness (QED) is 0.697. The lowest BCUT2D eigenvalue weighted by Gasteiger charge is -2.07. The first-order valence-electron chi connectivity index (χ1n) is 6.15. The summed E-state index contributed by atoms with van der Waals surface area (Å²) >= 11 is 0. The minimum absolute atomic E-state index is 0.490. The molecule has 0 aliphatic carbocycles. The number of hydrogen-bond donors (Lipinski definition) is 0. The fourth-order valence-corrected chi connectivity index (χ4v) is 1.66. The van der Waals surface area contributed by atoms with Crippen LogP contribution >= 0.6 is 0 Å².